The highest BCUT2D eigenvalue weighted by atomic mass is 35.5. The smallest absolute Gasteiger partial charge is 0.180 e. The van der Waals surface area contributed by atoms with Gasteiger partial charge in [0, 0.05) is 18.7 Å². The van der Waals surface area contributed by atoms with Gasteiger partial charge in [-0.1, -0.05) is 11.6 Å². The van der Waals surface area contributed by atoms with Gasteiger partial charge in [0.15, 0.2) is 17.5 Å². The lowest BCUT2D eigenvalue weighted by molar-refractivity contribution is 0.496. The predicted molar refractivity (Wildman–Crippen MR) is 57.9 cm³/mol. The molecule has 0 spiro atoms. The van der Waals surface area contributed by atoms with Gasteiger partial charge in [-0.15, -0.1) is 0 Å². The molecular formula is C10H7ClF3N3. The molecule has 0 atom stereocenters. The van der Waals surface area contributed by atoms with Crippen molar-refractivity contribution in [2.24, 2.45) is 7.05 Å². The first-order chi connectivity index (χ1) is 7.91. The van der Waals surface area contributed by atoms with E-state index >= 15 is 0 Å². The van der Waals surface area contributed by atoms with Gasteiger partial charge < -0.3 is 5.73 Å². The van der Waals surface area contributed by atoms with Crippen molar-refractivity contribution in [2.45, 2.75) is 0 Å². The van der Waals surface area contributed by atoms with Crippen molar-refractivity contribution in [1.82, 2.24) is 9.78 Å². The van der Waals surface area contributed by atoms with Crippen molar-refractivity contribution < 1.29 is 13.2 Å². The maximum atomic E-state index is 13.6. The molecule has 2 rings (SSSR count). The molecule has 90 valence electrons. The number of anilines is 1. The van der Waals surface area contributed by atoms with Crippen LogP contribution in [-0.4, -0.2) is 9.78 Å². The van der Waals surface area contributed by atoms with Crippen molar-refractivity contribution in [3.63, 3.8) is 0 Å². The van der Waals surface area contributed by atoms with Crippen LogP contribution in [0.15, 0.2) is 12.1 Å². The molecule has 7 heteroatoms. The molecule has 1 heterocycles. The van der Waals surface area contributed by atoms with Crippen molar-refractivity contribution >= 4 is 17.4 Å². The van der Waals surface area contributed by atoms with Crippen LogP contribution in [0.3, 0.4) is 0 Å². The molecule has 2 aromatic rings. The number of benzene rings is 1. The zero-order valence-electron chi connectivity index (χ0n) is 8.64. The molecule has 0 aliphatic rings. The SMILES string of the molecule is Cn1nc(-c2cc(F)c(F)c(Cl)c2F)cc1N. The summed E-state index contributed by atoms with van der Waals surface area (Å²) in [5.41, 5.74) is 5.36. The van der Waals surface area contributed by atoms with E-state index in [1.165, 1.54) is 17.8 Å². The number of hydrogen-bond acceptors (Lipinski definition) is 2. The number of aromatic nitrogens is 2. The van der Waals surface area contributed by atoms with E-state index in [9.17, 15) is 13.2 Å². The number of halogens is 4. The van der Waals surface area contributed by atoms with Crippen molar-refractivity contribution in [2.75, 3.05) is 5.73 Å². The van der Waals surface area contributed by atoms with Gasteiger partial charge in [-0.25, -0.2) is 13.2 Å². The van der Waals surface area contributed by atoms with Gasteiger partial charge in [0.2, 0.25) is 0 Å². The zero-order valence-corrected chi connectivity index (χ0v) is 9.39. The van der Waals surface area contributed by atoms with Crippen LogP contribution >= 0.6 is 11.6 Å². The summed E-state index contributed by atoms with van der Waals surface area (Å²) in [5.74, 6) is -3.46. The quantitative estimate of drug-likeness (QED) is 0.634. The minimum Gasteiger partial charge on any atom is -0.384 e. The number of hydrogen-bond donors (Lipinski definition) is 1. The van der Waals surface area contributed by atoms with Gasteiger partial charge in [-0.2, -0.15) is 5.10 Å². The highest BCUT2D eigenvalue weighted by Gasteiger charge is 2.20. The Hall–Kier alpha value is -1.69. The Morgan fingerprint density at radius 1 is 1.24 bits per heavy atom. The van der Waals surface area contributed by atoms with Crippen LogP contribution in [0.1, 0.15) is 0 Å². The number of nitrogen functional groups attached to an aromatic ring is 1. The van der Waals surface area contributed by atoms with E-state index in [1.54, 1.807) is 0 Å². The van der Waals surface area contributed by atoms with E-state index in [0.29, 0.717) is 6.07 Å². The number of nitrogens with two attached hydrogens (primary N) is 1. The predicted octanol–water partition coefficient (Wildman–Crippen LogP) is 2.74. The van der Waals surface area contributed by atoms with Crippen LogP contribution in [0.25, 0.3) is 11.3 Å². The molecule has 0 saturated carbocycles. The highest BCUT2D eigenvalue weighted by molar-refractivity contribution is 6.31. The summed E-state index contributed by atoms with van der Waals surface area (Å²) in [7, 11) is 1.54. The molecule has 0 bridgehead atoms. The second-order valence-corrected chi connectivity index (χ2v) is 3.80. The highest BCUT2D eigenvalue weighted by Crippen LogP contribution is 2.31. The Labute approximate surface area is 99.6 Å². The van der Waals surface area contributed by atoms with E-state index in [2.05, 4.69) is 5.10 Å². The van der Waals surface area contributed by atoms with Gasteiger partial charge in [-0.05, 0) is 6.07 Å². The first-order valence-electron chi connectivity index (χ1n) is 4.54. The second-order valence-electron chi connectivity index (χ2n) is 3.43. The lowest BCUT2D eigenvalue weighted by Gasteiger charge is -2.03. The molecule has 1 aromatic heterocycles. The van der Waals surface area contributed by atoms with Crippen LogP contribution in [-0.2, 0) is 7.05 Å². The van der Waals surface area contributed by atoms with Crippen molar-refractivity contribution in [3.05, 3.63) is 34.6 Å². The van der Waals surface area contributed by atoms with Crippen LogP contribution in [0.5, 0.6) is 0 Å². The van der Waals surface area contributed by atoms with Crippen molar-refractivity contribution in [1.29, 1.82) is 0 Å². The van der Waals surface area contributed by atoms with E-state index in [4.69, 9.17) is 17.3 Å². The third-order valence-electron chi connectivity index (χ3n) is 2.29. The fourth-order valence-corrected chi connectivity index (χ4v) is 1.56. The first kappa shape index (κ1) is 11.8. The van der Waals surface area contributed by atoms with E-state index in [1.807, 2.05) is 0 Å². The zero-order chi connectivity index (χ0) is 12.7. The molecule has 1 aromatic carbocycles. The fraction of sp³-hybridized carbons (Fsp3) is 0.100. The van der Waals surface area contributed by atoms with Gasteiger partial charge in [0.1, 0.15) is 10.8 Å². The minimum absolute atomic E-state index is 0.0864. The first-order valence-corrected chi connectivity index (χ1v) is 4.92. The number of rotatable bonds is 1. The Balaban J connectivity index is 2.68. The summed E-state index contributed by atoms with van der Waals surface area (Å²) in [4.78, 5) is 0. The molecule has 0 saturated heterocycles. The second kappa shape index (κ2) is 3.96. The van der Waals surface area contributed by atoms with Crippen molar-refractivity contribution in [3.8, 4) is 11.3 Å². The summed E-state index contributed by atoms with van der Waals surface area (Å²) < 4.78 is 41.0. The molecule has 0 fully saturated rings. The normalized spacial score (nSPS) is 10.9. The average molecular weight is 262 g/mol. The minimum atomic E-state index is -1.42. The molecular weight excluding hydrogens is 255 g/mol. The number of nitrogens with zero attached hydrogens (tertiary/aromatic N) is 2. The summed E-state index contributed by atoms with van der Waals surface area (Å²) in [6, 6.07) is 2.03. The Bertz CT molecular complexity index is 575. The maximum Gasteiger partial charge on any atom is 0.180 e. The topological polar surface area (TPSA) is 43.8 Å². The van der Waals surface area contributed by atoms with Gasteiger partial charge in [0.05, 0.1) is 5.69 Å². The molecule has 17 heavy (non-hydrogen) atoms. The monoisotopic (exact) mass is 261 g/mol. The molecule has 0 amide bonds. The molecule has 2 N–H and O–H groups in total. The van der Waals surface area contributed by atoms with Gasteiger partial charge in [-0.3, -0.25) is 4.68 Å². The lowest BCUT2D eigenvalue weighted by atomic mass is 10.1. The summed E-state index contributed by atoms with van der Waals surface area (Å²) in [6.45, 7) is 0. The largest absolute Gasteiger partial charge is 0.384 e. The van der Waals surface area contributed by atoms with Gasteiger partial charge in [0.25, 0.3) is 0 Å². The number of aryl methyl sites for hydroxylation is 1. The summed E-state index contributed by atoms with van der Waals surface area (Å²) in [5, 5.41) is 2.96. The molecule has 0 aliphatic heterocycles. The van der Waals surface area contributed by atoms with Gasteiger partial charge >= 0.3 is 0 Å². The summed E-state index contributed by atoms with van der Waals surface area (Å²) in [6.07, 6.45) is 0. The average Bonchev–Trinajstić information content (AvgIpc) is 2.61. The Morgan fingerprint density at radius 3 is 2.41 bits per heavy atom. The molecule has 3 nitrogen and oxygen atoms in total. The van der Waals surface area contributed by atoms with E-state index in [-0.39, 0.29) is 17.1 Å². The summed E-state index contributed by atoms with van der Waals surface area (Å²) >= 11 is 5.33. The third kappa shape index (κ3) is 1.84. The lowest BCUT2D eigenvalue weighted by Crippen LogP contribution is -1.97. The molecule has 0 radical (unpaired) electrons. The van der Waals surface area contributed by atoms with E-state index < -0.39 is 22.5 Å². The standard InChI is InChI=1S/C10H7ClF3N3/c1-17-7(15)3-6(16-17)4-2-5(12)10(14)8(11)9(4)13/h2-3H,15H2,1H3. The van der Waals surface area contributed by atoms with E-state index in [0.717, 1.165) is 0 Å². The third-order valence-corrected chi connectivity index (χ3v) is 2.63. The fourth-order valence-electron chi connectivity index (χ4n) is 1.37. The molecule has 0 aliphatic carbocycles. The molecule has 0 unspecified atom stereocenters. The van der Waals surface area contributed by atoms with Crippen LogP contribution < -0.4 is 5.73 Å². The van der Waals surface area contributed by atoms with Crippen LogP contribution in [0.2, 0.25) is 5.02 Å². The van der Waals surface area contributed by atoms with Crippen LogP contribution in [0.4, 0.5) is 19.0 Å². The Kier molecular flexibility index (Phi) is 2.74. The maximum absolute atomic E-state index is 13.6. The van der Waals surface area contributed by atoms with Crippen LogP contribution in [0, 0.1) is 17.5 Å². The Morgan fingerprint density at radius 2 is 1.88 bits per heavy atom.